The first kappa shape index (κ1) is 10.3. The first-order valence-electron chi connectivity index (χ1n) is 4.84. The molecule has 0 amide bonds. The van der Waals surface area contributed by atoms with Crippen LogP contribution in [0, 0.1) is 0 Å². The normalized spacial score (nSPS) is 10.8. The maximum absolute atomic E-state index is 8.53. The van der Waals surface area contributed by atoms with Gasteiger partial charge in [-0.15, -0.1) is 0 Å². The van der Waals surface area contributed by atoms with E-state index in [1.165, 1.54) is 6.21 Å². The monoisotopic (exact) mass is 216 g/mol. The number of benzene rings is 1. The molecule has 0 bridgehead atoms. The summed E-state index contributed by atoms with van der Waals surface area (Å²) < 4.78 is 7.00. The van der Waals surface area contributed by atoms with Crippen molar-refractivity contribution in [3.63, 3.8) is 0 Å². The second-order valence-corrected chi connectivity index (χ2v) is 3.25. The molecule has 0 radical (unpaired) electrons. The SMILES string of the molecule is COc1ccc(-n2cccc2C=NO)cc1. The van der Waals surface area contributed by atoms with Crippen molar-refractivity contribution < 1.29 is 9.94 Å². The van der Waals surface area contributed by atoms with E-state index in [0.717, 1.165) is 17.1 Å². The highest BCUT2D eigenvalue weighted by atomic mass is 16.5. The van der Waals surface area contributed by atoms with Crippen molar-refractivity contribution in [2.75, 3.05) is 7.11 Å². The van der Waals surface area contributed by atoms with Crippen LogP contribution in [0.5, 0.6) is 5.75 Å². The van der Waals surface area contributed by atoms with Gasteiger partial charge in [-0.2, -0.15) is 0 Å². The molecule has 16 heavy (non-hydrogen) atoms. The van der Waals surface area contributed by atoms with Gasteiger partial charge in [0.2, 0.25) is 0 Å². The predicted octanol–water partition coefficient (Wildman–Crippen LogP) is 2.29. The van der Waals surface area contributed by atoms with Crippen LogP contribution >= 0.6 is 0 Å². The third kappa shape index (κ3) is 1.91. The first-order chi connectivity index (χ1) is 7.85. The number of rotatable bonds is 3. The van der Waals surface area contributed by atoms with Gasteiger partial charge in [0, 0.05) is 11.9 Å². The van der Waals surface area contributed by atoms with Crippen LogP contribution in [-0.4, -0.2) is 23.1 Å². The summed E-state index contributed by atoms with van der Waals surface area (Å²) in [6, 6.07) is 11.4. The van der Waals surface area contributed by atoms with Gasteiger partial charge >= 0.3 is 0 Å². The molecule has 0 saturated heterocycles. The molecular weight excluding hydrogens is 204 g/mol. The number of oxime groups is 1. The van der Waals surface area contributed by atoms with Crippen LogP contribution in [0.15, 0.2) is 47.8 Å². The van der Waals surface area contributed by atoms with E-state index >= 15 is 0 Å². The molecule has 0 spiro atoms. The zero-order valence-corrected chi connectivity index (χ0v) is 8.87. The summed E-state index contributed by atoms with van der Waals surface area (Å²) in [4.78, 5) is 0. The maximum atomic E-state index is 8.53. The standard InChI is InChI=1S/C12H12N2O2/c1-16-12-6-4-10(5-7-12)14-8-2-3-11(14)9-13-15/h2-9,15H,1H3. The average molecular weight is 216 g/mol. The molecule has 2 aromatic rings. The number of methoxy groups -OCH3 is 1. The Morgan fingerprint density at radius 2 is 2.00 bits per heavy atom. The molecular formula is C12H12N2O2. The minimum atomic E-state index is 0.813. The topological polar surface area (TPSA) is 46.8 Å². The fraction of sp³-hybridized carbons (Fsp3) is 0.0833. The van der Waals surface area contributed by atoms with E-state index in [9.17, 15) is 0 Å². The van der Waals surface area contributed by atoms with Crippen LogP contribution in [0.3, 0.4) is 0 Å². The molecule has 0 atom stereocenters. The highest BCUT2D eigenvalue weighted by molar-refractivity contribution is 5.78. The Morgan fingerprint density at radius 3 is 2.62 bits per heavy atom. The van der Waals surface area contributed by atoms with Crippen LogP contribution in [0.25, 0.3) is 5.69 Å². The quantitative estimate of drug-likeness (QED) is 0.486. The Hall–Kier alpha value is -2.23. The van der Waals surface area contributed by atoms with E-state index in [-0.39, 0.29) is 0 Å². The van der Waals surface area contributed by atoms with Gasteiger partial charge < -0.3 is 14.5 Å². The third-order valence-corrected chi connectivity index (χ3v) is 2.32. The van der Waals surface area contributed by atoms with Gasteiger partial charge in [-0.05, 0) is 36.4 Å². The Morgan fingerprint density at radius 1 is 1.25 bits per heavy atom. The zero-order valence-electron chi connectivity index (χ0n) is 8.87. The van der Waals surface area contributed by atoms with E-state index in [1.54, 1.807) is 7.11 Å². The molecule has 0 aliphatic carbocycles. The summed E-state index contributed by atoms with van der Waals surface area (Å²) in [7, 11) is 1.63. The molecule has 1 N–H and O–H groups in total. The van der Waals surface area contributed by atoms with Gasteiger partial charge in [0.25, 0.3) is 0 Å². The van der Waals surface area contributed by atoms with Gasteiger partial charge in [0.05, 0.1) is 19.0 Å². The lowest BCUT2D eigenvalue weighted by molar-refractivity contribution is 0.321. The number of ether oxygens (including phenoxy) is 1. The summed E-state index contributed by atoms with van der Waals surface area (Å²) in [6.07, 6.45) is 3.29. The molecule has 82 valence electrons. The molecule has 0 aliphatic heterocycles. The van der Waals surface area contributed by atoms with E-state index in [4.69, 9.17) is 9.94 Å². The first-order valence-corrected chi connectivity index (χ1v) is 4.84. The molecule has 0 aliphatic rings. The van der Waals surface area contributed by atoms with E-state index in [1.807, 2.05) is 47.2 Å². The van der Waals surface area contributed by atoms with Crippen molar-refractivity contribution in [3.05, 3.63) is 48.3 Å². The van der Waals surface area contributed by atoms with Gasteiger partial charge in [-0.25, -0.2) is 0 Å². The summed E-state index contributed by atoms with van der Waals surface area (Å²) in [5.74, 6) is 0.813. The summed E-state index contributed by atoms with van der Waals surface area (Å²) in [5.41, 5.74) is 1.80. The zero-order chi connectivity index (χ0) is 11.4. The lowest BCUT2D eigenvalue weighted by Gasteiger charge is -2.06. The molecule has 0 unspecified atom stereocenters. The Bertz CT molecular complexity index is 486. The molecule has 4 nitrogen and oxygen atoms in total. The Kier molecular flexibility index (Phi) is 2.91. The fourth-order valence-electron chi connectivity index (χ4n) is 1.54. The van der Waals surface area contributed by atoms with Crippen molar-refractivity contribution >= 4 is 6.21 Å². The lowest BCUT2D eigenvalue weighted by atomic mass is 10.3. The average Bonchev–Trinajstić information content (AvgIpc) is 2.78. The maximum Gasteiger partial charge on any atom is 0.119 e. The molecule has 4 heteroatoms. The lowest BCUT2D eigenvalue weighted by Crippen LogP contribution is -1.97. The Labute approximate surface area is 93.4 Å². The van der Waals surface area contributed by atoms with Crippen molar-refractivity contribution in [3.8, 4) is 11.4 Å². The molecule has 1 aromatic heterocycles. The van der Waals surface area contributed by atoms with Crippen molar-refractivity contribution in [2.45, 2.75) is 0 Å². The fourth-order valence-corrected chi connectivity index (χ4v) is 1.54. The Balaban J connectivity index is 2.38. The smallest absolute Gasteiger partial charge is 0.119 e. The highest BCUT2D eigenvalue weighted by Crippen LogP contribution is 2.16. The van der Waals surface area contributed by atoms with Crippen LogP contribution < -0.4 is 4.74 Å². The summed E-state index contributed by atoms with van der Waals surface area (Å²) in [5, 5.41) is 11.6. The van der Waals surface area contributed by atoms with E-state index in [2.05, 4.69) is 5.16 Å². The van der Waals surface area contributed by atoms with E-state index < -0.39 is 0 Å². The second-order valence-electron chi connectivity index (χ2n) is 3.25. The van der Waals surface area contributed by atoms with Crippen LogP contribution in [0.4, 0.5) is 0 Å². The second kappa shape index (κ2) is 4.53. The number of hydrogen-bond acceptors (Lipinski definition) is 3. The van der Waals surface area contributed by atoms with Crippen LogP contribution in [-0.2, 0) is 0 Å². The molecule has 1 aromatic carbocycles. The van der Waals surface area contributed by atoms with Crippen LogP contribution in [0.1, 0.15) is 5.69 Å². The molecule has 1 heterocycles. The third-order valence-electron chi connectivity index (χ3n) is 2.32. The van der Waals surface area contributed by atoms with Gasteiger partial charge in [0.15, 0.2) is 0 Å². The van der Waals surface area contributed by atoms with Gasteiger partial charge in [0.1, 0.15) is 5.75 Å². The number of hydrogen-bond donors (Lipinski definition) is 1. The summed E-state index contributed by atoms with van der Waals surface area (Å²) >= 11 is 0. The van der Waals surface area contributed by atoms with Crippen molar-refractivity contribution in [1.82, 2.24) is 4.57 Å². The number of aromatic nitrogens is 1. The molecule has 2 rings (SSSR count). The van der Waals surface area contributed by atoms with Crippen LogP contribution in [0.2, 0.25) is 0 Å². The predicted molar refractivity (Wildman–Crippen MR) is 61.7 cm³/mol. The summed E-state index contributed by atoms with van der Waals surface area (Å²) in [6.45, 7) is 0. The molecule has 0 saturated carbocycles. The number of nitrogens with zero attached hydrogens (tertiary/aromatic N) is 2. The van der Waals surface area contributed by atoms with Gasteiger partial charge in [-0.3, -0.25) is 0 Å². The minimum absolute atomic E-state index is 0.813. The largest absolute Gasteiger partial charge is 0.497 e. The van der Waals surface area contributed by atoms with Gasteiger partial charge in [-0.1, -0.05) is 5.16 Å². The van der Waals surface area contributed by atoms with Crippen molar-refractivity contribution in [1.29, 1.82) is 0 Å². The minimum Gasteiger partial charge on any atom is -0.497 e. The molecule has 0 fully saturated rings. The highest BCUT2D eigenvalue weighted by Gasteiger charge is 2.01. The van der Waals surface area contributed by atoms with Crippen molar-refractivity contribution in [2.24, 2.45) is 5.16 Å². The van der Waals surface area contributed by atoms with E-state index in [0.29, 0.717) is 0 Å².